The van der Waals surface area contributed by atoms with Crippen LogP contribution in [0.15, 0.2) is 0 Å². The quantitative estimate of drug-likeness (QED) is 0.699. The third kappa shape index (κ3) is 5.81. The van der Waals surface area contributed by atoms with Gasteiger partial charge in [0.05, 0.1) is 6.42 Å². The first kappa shape index (κ1) is 17.6. The third-order valence-corrected chi connectivity index (χ3v) is 3.63. The average molecular weight is 310 g/mol. The number of rotatable bonds is 4. The Kier molecular flexibility index (Phi) is 5.86. The van der Waals surface area contributed by atoms with Crippen LogP contribution in [-0.2, 0) is 4.79 Å². The molecule has 8 heteroatoms. The van der Waals surface area contributed by atoms with Gasteiger partial charge >= 0.3 is 18.2 Å². The van der Waals surface area contributed by atoms with Crippen molar-refractivity contribution in [1.82, 2.24) is 10.6 Å². The van der Waals surface area contributed by atoms with E-state index in [2.05, 4.69) is 10.6 Å². The highest BCUT2D eigenvalue weighted by Gasteiger charge is 2.40. The number of nitrogens with one attached hydrogen (secondary N) is 2. The fourth-order valence-corrected chi connectivity index (χ4v) is 2.60. The first-order chi connectivity index (χ1) is 9.65. The number of carboxylic acids is 1. The molecule has 122 valence electrons. The molecule has 3 N–H and O–H groups in total. The van der Waals surface area contributed by atoms with Crippen LogP contribution in [0.2, 0.25) is 0 Å². The first-order valence-electron chi connectivity index (χ1n) is 7.03. The van der Waals surface area contributed by atoms with Gasteiger partial charge in [-0.3, -0.25) is 0 Å². The Labute approximate surface area is 121 Å². The summed E-state index contributed by atoms with van der Waals surface area (Å²) in [7, 11) is 0. The van der Waals surface area contributed by atoms with Gasteiger partial charge < -0.3 is 15.7 Å². The van der Waals surface area contributed by atoms with Gasteiger partial charge in [0, 0.05) is 6.04 Å². The number of amides is 2. The maximum absolute atomic E-state index is 12.2. The fourth-order valence-electron chi connectivity index (χ4n) is 2.60. The van der Waals surface area contributed by atoms with Crippen molar-refractivity contribution in [3.63, 3.8) is 0 Å². The summed E-state index contributed by atoms with van der Waals surface area (Å²) in [6.45, 7) is 1.23. The molecule has 1 fully saturated rings. The van der Waals surface area contributed by atoms with E-state index in [9.17, 15) is 27.9 Å². The molecule has 21 heavy (non-hydrogen) atoms. The summed E-state index contributed by atoms with van der Waals surface area (Å²) in [5, 5.41) is 13.9. The summed E-state index contributed by atoms with van der Waals surface area (Å²) >= 11 is 0. The summed E-state index contributed by atoms with van der Waals surface area (Å²) in [6, 6.07) is -1.97. The Hall–Kier alpha value is -1.47. The lowest BCUT2D eigenvalue weighted by molar-refractivity contribution is -0.145. The number of urea groups is 1. The van der Waals surface area contributed by atoms with Crippen LogP contribution in [0.1, 0.15) is 51.9 Å². The lowest BCUT2D eigenvalue weighted by Crippen LogP contribution is -2.58. The van der Waals surface area contributed by atoms with Crippen molar-refractivity contribution >= 4 is 12.0 Å². The number of aliphatic carboxylic acids is 1. The zero-order chi connectivity index (χ0) is 16.1. The molecule has 5 nitrogen and oxygen atoms in total. The summed E-state index contributed by atoms with van der Waals surface area (Å²) in [6.07, 6.45) is -1.81. The number of alkyl halides is 3. The molecule has 0 saturated heterocycles. The van der Waals surface area contributed by atoms with Gasteiger partial charge in [-0.05, 0) is 19.8 Å². The molecule has 0 heterocycles. The van der Waals surface area contributed by atoms with E-state index in [0.717, 1.165) is 12.8 Å². The van der Waals surface area contributed by atoms with Crippen LogP contribution in [0, 0.1) is 0 Å². The molecule has 0 aromatic rings. The van der Waals surface area contributed by atoms with Crippen molar-refractivity contribution in [3.8, 4) is 0 Å². The van der Waals surface area contributed by atoms with Crippen molar-refractivity contribution in [1.29, 1.82) is 0 Å². The monoisotopic (exact) mass is 310 g/mol. The number of hydrogen-bond acceptors (Lipinski definition) is 2. The molecule has 1 saturated carbocycles. The molecule has 1 atom stereocenters. The molecule has 2 amide bonds. The summed E-state index contributed by atoms with van der Waals surface area (Å²) in [5.41, 5.74) is -1.38. The van der Waals surface area contributed by atoms with Gasteiger partial charge in [0.1, 0.15) is 5.54 Å². The Bertz CT molecular complexity index is 377. The predicted octanol–water partition coefficient (Wildman–Crippen LogP) is 2.80. The molecule has 0 bridgehead atoms. The van der Waals surface area contributed by atoms with E-state index in [1.54, 1.807) is 0 Å². The van der Waals surface area contributed by atoms with Crippen molar-refractivity contribution in [2.45, 2.75) is 69.6 Å². The van der Waals surface area contributed by atoms with E-state index in [4.69, 9.17) is 0 Å². The molecular weight excluding hydrogens is 289 g/mol. The maximum Gasteiger partial charge on any atom is 0.391 e. The molecule has 0 aromatic heterocycles. The second kappa shape index (κ2) is 7.00. The second-order valence-electron chi connectivity index (χ2n) is 5.62. The maximum atomic E-state index is 12.2. The number of carbonyl (C=O) groups excluding carboxylic acids is 1. The van der Waals surface area contributed by atoms with Crippen LogP contribution < -0.4 is 10.6 Å². The van der Waals surface area contributed by atoms with E-state index in [0.29, 0.717) is 25.7 Å². The van der Waals surface area contributed by atoms with Gasteiger partial charge in [-0.15, -0.1) is 0 Å². The molecule has 0 aromatic carbocycles. The van der Waals surface area contributed by atoms with Crippen molar-refractivity contribution in [2.75, 3.05) is 0 Å². The van der Waals surface area contributed by atoms with E-state index in [-0.39, 0.29) is 0 Å². The smallest absolute Gasteiger partial charge is 0.391 e. The van der Waals surface area contributed by atoms with Gasteiger partial charge in [-0.2, -0.15) is 13.2 Å². The van der Waals surface area contributed by atoms with Gasteiger partial charge in [0.25, 0.3) is 0 Å². The standard InChI is InChI=1S/C13H21F3N2O3/c1-9(8-13(14,15)16)17-11(21)18-12(10(19)20)6-4-2-3-5-7-12/h9H,2-8H2,1H3,(H,19,20)(H2,17,18,21). The zero-order valence-electron chi connectivity index (χ0n) is 11.9. The van der Waals surface area contributed by atoms with Crippen LogP contribution in [0.25, 0.3) is 0 Å². The van der Waals surface area contributed by atoms with E-state index in [1.807, 2.05) is 0 Å². The molecule has 1 unspecified atom stereocenters. The normalized spacial score (nSPS) is 20.2. The van der Waals surface area contributed by atoms with Crippen LogP contribution in [0.5, 0.6) is 0 Å². The van der Waals surface area contributed by atoms with Crippen molar-refractivity contribution in [3.05, 3.63) is 0 Å². The van der Waals surface area contributed by atoms with Crippen molar-refractivity contribution < 1.29 is 27.9 Å². The molecule has 1 aliphatic carbocycles. The predicted molar refractivity (Wildman–Crippen MR) is 69.9 cm³/mol. The van der Waals surface area contributed by atoms with Gasteiger partial charge in [0.15, 0.2) is 0 Å². The van der Waals surface area contributed by atoms with Gasteiger partial charge in [-0.1, -0.05) is 25.7 Å². The molecule has 0 spiro atoms. The van der Waals surface area contributed by atoms with Crippen LogP contribution >= 0.6 is 0 Å². The molecule has 1 aliphatic rings. The molecule has 1 rings (SSSR count). The van der Waals surface area contributed by atoms with Crippen LogP contribution in [-0.4, -0.2) is 34.9 Å². The molecule has 0 aliphatic heterocycles. The highest BCUT2D eigenvalue weighted by atomic mass is 19.4. The van der Waals surface area contributed by atoms with E-state index >= 15 is 0 Å². The highest BCUT2D eigenvalue weighted by molar-refractivity contribution is 5.86. The Morgan fingerprint density at radius 3 is 2.14 bits per heavy atom. The summed E-state index contributed by atoms with van der Waals surface area (Å²) in [5.74, 6) is -1.14. The first-order valence-corrected chi connectivity index (χ1v) is 7.03. The SMILES string of the molecule is CC(CC(F)(F)F)NC(=O)NC1(C(=O)O)CCCCCC1. The average Bonchev–Trinajstić information content (AvgIpc) is 2.52. The van der Waals surface area contributed by atoms with E-state index < -0.39 is 36.2 Å². The van der Waals surface area contributed by atoms with Gasteiger partial charge in [0.2, 0.25) is 0 Å². The Morgan fingerprint density at radius 1 is 1.19 bits per heavy atom. The number of carboxylic acid groups (broad SMARTS) is 1. The topological polar surface area (TPSA) is 78.4 Å². The second-order valence-corrected chi connectivity index (χ2v) is 5.62. The van der Waals surface area contributed by atoms with Gasteiger partial charge in [-0.25, -0.2) is 9.59 Å². The summed E-state index contributed by atoms with van der Waals surface area (Å²) < 4.78 is 36.6. The minimum Gasteiger partial charge on any atom is -0.480 e. The largest absolute Gasteiger partial charge is 0.480 e. The number of hydrogen-bond donors (Lipinski definition) is 3. The third-order valence-electron chi connectivity index (χ3n) is 3.63. The van der Waals surface area contributed by atoms with Crippen LogP contribution in [0.4, 0.5) is 18.0 Å². The fraction of sp³-hybridized carbons (Fsp3) is 0.846. The zero-order valence-corrected chi connectivity index (χ0v) is 11.9. The Morgan fingerprint density at radius 2 is 1.71 bits per heavy atom. The molecular formula is C13H21F3N2O3. The highest BCUT2D eigenvalue weighted by Crippen LogP contribution is 2.27. The number of halogens is 3. The number of carbonyl (C=O) groups is 2. The van der Waals surface area contributed by atoms with Crippen molar-refractivity contribution in [2.24, 2.45) is 0 Å². The minimum atomic E-state index is -4.38. The summed E-state index contributed by atoms with van der Waals surface area (Å²) in [4.78, 5) is 23.2. The minimum absolute atomic E-state index is 0.295. The lowest BCUT2D eigenvalue weighted by Gasteiger charge is -2.30. The molecule has 0 radical (unpaired) electrons. The Balaban J connectivity index is 2.62. The lowest BCUT2D eigenvalue weighted by atomic mass is 9.90. The van der Waals surface area contributed by atoms with Crippen LogP contribution in [0.3, 0.4) is 0 Å². The van der Waals surface area contributed by atoms with E-state index in [1.165, 1.54) is 6.92 Å².